The number of anilines is 1. The number of carbonyl (C=O) groups excluding carboxylic acids is 1. The zero-order valence-corrected chi connectivity index (χ0v) is 10.1. The van der Waals surface area contributed by atoms with Gasteiger partial charge in [0.2, 0.25) is 0 Å². The van der Waals surface area contributed by atoms with Crippen molar-refractivity contribution < 1.29 is 14.4 Å². The van der Waals surface area contributed by atoms with Crippen LogP contribution in [0, 0.1) is 5.82 Å². The third-order valence-corrected chi connectivity index (χ3v) is 3.23. The summed E-state index contributed by atoms with van der Waals surface area (Å²) in [5.41, 5.74) is 0.289. The van der Waals surface area contributed by atoms with Crippen molar-refractivity contribution in [2.45, 2.75) is 0 Å². The quantitative estimate of drug-likeness (QED) is 0.375. The van der Waals surface area contributed by atoms with Gasteiger partial charge in [-0.2, -0.15) is 0 Å². The van der Waals surface area contributed by atoms with E-state index in [2.05, 4.69) is 35.6 Å². The van der Waals surface area contributed by atoms with Crippen molar-refractivity contribution in [2.24, 2.45) is 5.16 Å². The fourth-order valence-corrected chi connectivity index (χ4v) is 1.58. The van der Waals surface area contributed by atoms with E-state index in [0.717, 1.165) is 6.07 Å². The molecule has 7 heteroatoms. The lowest BCUT2D eigenvalue weighted by molar-refractivity contribution is -0.110. The molecule has 0 bridgehead atoms. The lowest BCUT2D eigenvalue weighted by Gasteiger charge is -2.07. The van der Waals surface area contributed by atoms with E-state index in [1.54, 1.807) is 0 Å². The lowest BCUT2D eigenvalue weighted by atomic mass is 10.3. The van der Waals surface area contributed by atoms with Gasteiger partial charge >= 0.3 is 0 Å². The predicted molar refractivity (Wildman–Crippen MR) is 62.4 cm³/mol. The predicted octanol–water partition coefficient (Wildman–Crippen LogP) is 1.49. The molecule has 2 N–H and O–H groups in total. The molecule has 1 amide bonds. The molecule has 1 aromatic rings. The van der Waals surface area contributed by atoms with E-state index in [1.165, 1.54) is 6.07 Å². The van der Waals surface area contributed by atoms with Gasteiger partial charge in [-0.25, -0.2) is 4.39 Å². The number of oxime groups is 1. The Hall–Kier alpha value is -1.000. The van der Waals surface area contributed by atoms with Gasteiger partial charge in [0.1, 0.15) is 12.0 Å². The fourth-order valence-electron chi connectivity index (χ4n) is 0.906. The SMILES string of the molecule is O=C(/C=N/O)Nc1cc(F)cc(Br)c1P. The molecule has 4 nitrogen and oxygen atoms in total. The molecule has 0 fully saturated rings. The van der Waals surface area contributed by atoms with Gasteiger partial charge in [0.25, 0.3) is 5.91 Å². The number of benzene rings is 1. The number of amides is 1. The van der Waals surface area contributed by atoms with Crippen LogP contribution in [0.4, 0.5) is 10.1 Å². The number of carbonyl (C=O) groups is 1. The van der Waals surface area contributed by atoms with Gasteiger partial charge in [0.15, 0.2) is 0 Å². The van der Waals surface area contributed by atoms with E-state index in [1.807, 2.05) is 0 Å². The van der Waals surface area contributed by atoms with Crippen LogP contribution in [0.5, 0.6) is 0 Å². The summed E-state index contributed by atoms with van der Waals surface area (Å²) in [6.07, 6.45) is 0.683. The summed E-state index contributed by atoms with van der Waals surface area (Å²) in [7, 11) is 2.36. The standard InChI is InChI=1S/C8H7BrFN2O2P/c9-5-1-4(10)2-6(8(5)15)12-7(13)3-11-14/h1-3,14H,15H2,(H,12,13)/b11-3+. The largest absolute Gasteiger partial charge is 0.411 e. The van der Waals surface area contributed by atoms with Crippen molar-refractivity contribution in [3.63, 3.8) is 0 Å². The van der Waals surface area contributed by atoms with Gasteiger partial charge in [-0.15, -0.1) is 9.24 Å². The second-order valence-corrected chi connectivity index (χ2v) is 4.01. The highest BCUT2D eigenvalue weighted by atomic mass is 79.9. The Labute approximate surface area is 95.9 Å². The smallest absolute Gasteiger partial charge is 0.270 e. The van der Waals surface area contributed by atoms with Gasteiger partial charge in [-0.05, 0) is 28.1 Å². The van der Waals surface area contributed by atoms with Crippen molar-refractivity contribution >= 4 is 48.3 Å². The molecule has 15 heavy (non-hydrogen) atoms. The normalized spacial score (nSPS) is 10.6. The van der Waals surface area contributed by atoms with E-state index in [4.69, 9.17) is 5.21 Å². The first kappa shape index (κ1) is 12.1. The van der Waals surface area contributed by atoms with E-state index >= 15 is 0 Å². The van der Waals surface area contributed by atoms with Crippen LogP contribution in [0.1, 0.15) is 0 Å². The Kier molecular flexibility index (Phi) is 4.17. The van der Waals surface area contributed by atoms with E-state index in [0.29, 0.717) is 16.0 Å². The average Bonchev–Trinajstić information content (AvgIpc) is 2.13. The van der Waals surface area contributed by atoms with Gasteiger partial charge < -0.3 is 10.5 Å². The number of nitrogens with zero attached hydrogens (tertiary/aromatic N) is 1. The maximum absolute atomic E-state index is 13.0. The van der Waals surface area contributed by atoms with Crippen LogP contribution >= 0.6 is 25.2 Å². The summed E-state index contributed by atoms with van der Waals surface area (Å²) < 4.78 is 13.5. The number of hydrogen-bond donors (Lipinski definition) is 2. The minimum absolute atomic E-state index is 0.289. The Morgan fingerprint density at radius 2 is 2.33 bits per heavy atom. The first-order valence-corrected chi connectivity index (χ1v) is 5.14. The molecule has 0 saturated heterocycles. The van der Waals surface area contributed by atoms with Gasteiger partial charge in [0, 0.05) is 9.78 Å². The molecular formula is C8H7BrFN2O2P. The van der Waals surface area contributed by atoms with Crippen LogP contribution in [0.25, 0.3) is 0 Å². The van der Waals surface area contributed by atoms with Crippen LogP contribution in [-0.2, 0) is 4.79 Å². The molecule has 0 aliphatic heterocycles. The molecule has 0 heterocycles. The molecular weight excluding hydrogens is 286 g/mol. The molecule has 0 saturated carbocycles. The van der Waals surface area contributed by atoms with Crippen molar-refractivity contribution in [1.29, 1.82) is 0 Å². The molecule has 1 rings (SSSR count). The van der Waals surface area contributed by atoms with E-state index < -0.39 is 11.7 Å². The second kappa shape index (κ2) is 5.19. The molecule has 0 aliphatic rings. The zero-order valence-electron chi connectivity index (χ0n) is 7.37. The number of rotatable bonds is 2. The van der Waals surface area contributed by atoms with E-state index in [9.17, 15) is 9.18 Å². The van der Waals surface area contributed by atoms with Crippen LogP contribution in [-0.4, -0.2) is 17.3 Å². The number of halogens is 2. The zero-order chi connectivity index (χ0) is 11.4. The van der Waals surface area contributed by atoms with Crippen LogP contribution in [0.15, 0.2) is 21.8 Å². The highest BCUT2D eigenvalue weighted by molar-refractivity contribution is 9.10. The number of nitrogens with one attached hydrogen (secondary N) is 1. The van der Waals surface area contributed by atoms with Crippen LogP contribution in [0.3, 0.4) is 0 Å². The van der Waals surface area contributed by atoms with Gasteiger partial charge in [-0.1, -0.05) is 5.16 Å². The van der Waals surface area contributed by atoms with Crippen molar-refractivity contribution in [2.75, 3.05) is 5.32 Å². The van der Waals surface area contributed by atoms with Crippen LogP contribution < -0.4 is 10.6 Å². The van der Waals surface area contributed by atoms with Crippen molar-refractivity contribution in [3.05, 3.63) is 22.4 Å². The Bertz CT molecular complexity index is 425. The van der Waals surface area contributed by atoms with Crippen molar-refractivity contribution in [3.8, 4) is 0 Å². The first-order chi connectivity index (χ1) is 7.04. The van der Waals surface area contributed by atoms with Gasteiger partial charge in [-0.3, -0.25) is 4.79 Å². The maximum Gasteiger partial charge on any atom is 0.270 e. The summed E-state index contributed by atoms with van der Waals surface area (Å²) >= 11 is 3.13. The topological polar surface area (TPSA) is 61.7 Å². The van der Waals surface area contributed by atoms with Crippen molar-refractivity contribution in [1.82, 2.24) is 0 Å². The average molecular weight is 293 g/mol. The summed E-state index contributed by atoms with van der Waals surface area (Å²) in [5.74, 6) is -1.12. The third-order valence-electron chi connectivity index (χ3n) is 1.53. The Balaban J connectivity index is 2.99. The second-order valence-electron chi connectivity index (χ2n) is 2.58. The molecule has 1 atom stereocenters. The minimum Gasteiger partial charge on any atom is -0.411 e. The molecule has 0 aromatic heterocycles. The highest BCUT2D eigenvalue weighted by Gasteiger charge is 2.07. The molecule has 80 valence electrons. The first-order valence-electron chi connectivity index (χ1n) is 3.77. The summed E-state index contributed by atoms with van der Waals surface area (Å²) in [4.78, 5) is 11.0. The Morgan fingerprint density at radius 1 is 1.67 bits per heavy atom. The maximum atomic E-state index is 13.0. The molecule has 0 spiro atoms. The fraction of sp³-hybridized carbons (Fsp3) is 0. The summed E-state index contributed by atoms with van der Waals surface area (Å²) in [6.45, 7) is 0. The molecule has 1 aromatic carbocycles. The monoisotopic (exact) mass is 292 g/mol. The molecule has 0 aliphatic carbocycles. The number of hydrogen-bond acceptors (Lipinski definition) is 3. The van der Waals surface area contributed by atoms with E-state index in [-0.39, 0.29) is 5.69 Å². The molecule has 0 radical (unpaired) electrons. The third kappa shape index (κ3) is 3.25. The Morgan fingerprint density at radius 3 is 2.93 bits per heavy atom. The van der Waals surface area contributed by atoms with Gasteiger partial charge in [0.05, 0.1) is 5.69 Å². The highest BCUT2D eigenvalue weighted by Crippen LogP contribution is 2.19. The minimum atomic E-state index is -0.640. The summed E-state index contributed by atoms with van der Waals surface area (Å²) in [5, 5.41) is 13.6. The molecule has 1 unspecified atom stereocenters. The summed E-state index contributed by atoms with van der Waals surface area (Å²) in [6, 6.07) is 2.44. The van der Waals surface area contributed by atoms with Crippen LogP contribution in [0.2, 0.25) is 0 Å². The lowest BCUT2D eigenvalue weighted by Crippen LogP contribution is -2.17.